The Morgan fingerprint density at radius 2 is 1.74 bits per heavy atom. The Labute approximate surface area is 115 Å². The maximum Gasteiger partial charge on any atom is 0.198 e. The number of aromatic nitrogens is 1. The van der Waals surface area contributed by atoms with Gasteiger partial charge in [-0.3, -0.25) is 4.79 Å². The van der Waals surface area contributed by atoms with E-state index in [4.69, 9.17) is 0 Å². The van der Waals surface area contributed by atoms with Crippen molar-refractivity contribution in [2.75, 3.05) is 0 Å². The van der Waals surface area contributed by atoms with Crippen LogP contribution in [0.2, 0.25) is 0 Å². The summed E-state index contributed by atoms with van der Waals surface area (Å²) in [4.78, 5) is 16.3. The minimum absolute atomic E-state index is 0.163. The van der Waals surface area contributed by atoms with Gasteiger partial charge in [-0.2, -0.15) is 0 Å². The third-order valence-electron chi connectivity index (χ3n) is 2.98. The molecule has 0 spiro atoms. The van der Waals surface area contributed by atoms with Gasteiger partial charge in [-0.25, -0.2) is 0 Å². The number of aromatic amines is 1. The Kier molecular flexibility index (Phi) is 3.38. The molecule has 0 aliphatic rings. The number of rotatable bonds is 3. The van der Waals surface area contributed by atoms with E-state index in [0.717, 1.165) is 21.4 Å². The first-order valence-corrected chi connectivity index (χ1v) is 6.95. The van der Waals surface area contributed by atoms with Gasteiger partial charge in [0.25, 0.3) is 0 Å². The Balaban J connectivity index is 1.76. The van der Waals surface area contributed by atoms with Crippen molar-refractivity contribution in [2.24, 2.45) is 0 Å². The molecule has 0 atom stereocenters. The van der Waals surface area contributed by atoms with Crippen LogP contribution in [-0.4, -0.2) is 10.1 Å². The van der Waals surface area contributed by atoms with E-state index in [9.17, 15) is 4.79 Å². The van der Waals surface area contributed by atoms with E-state index in [-0.39, 0.29) is 5.12 Å². The highest BCUT2D eigenvalue weighted by atomic mass is 32.2. The average molecular weight is 267 g/mol. The molecule has 94 valence electrons. The lowest BCUT2D eigenvalue weighted by molar-refractivity contribution is -0.110. The quantitative estimate of drug-likeness (QED) is 0.727. The summed E-state index contributed by atoms with van der Waals surface area (Å²) in [7, 11) is 0. The lowest BCUT2D eigenvalue weighted by atomic mass is 10.1. The SMILES string of the molecule is O=C(Cc1c[nH]c2ccccc12)Sc1ccccc1. The fraction of sp³-hybridized carbons (Fsp3) is 0.0625. The van der Waals surface area contributed by atoms with Crippen molar-refractivity contribution in [1.29, 1.82) is 0 Å². The molecule has 0 aliphatic heterocycles. The molecule has 3 heteroatoms. The highest BCUT2D eigenvalue weighted by Gasteiger charge is 2.09. The number of carbonyl (C=O) groups is 1. The van der Waals surface area contributed by atoms with Gasteiger partial charge in [0.15, 0.2) is 5.12 Å². The van der Waals surface area contributed by atoms with Crippen LogP contribution in [0.4, 0.5) is 0 Å². The van der Waals surface area contributed by atoms with Gasteiger partial charge in [-0.15, -0.1) is 0 Å². The Morgan fingerprint density at radius 3 is 2.58 bits per heavy atom. The summed E-state index contributed by atoms with van der Waals surface area (Å²) in [5.74, 6) is 0. The smallest absolute Gasteiger partial charge is 0.198 e. The van der Waals surface area contributed by atoms with Gasteiger partial charge in [-0.05, 0) is 23.8 Å². The molecule has 0 saturated heterocycles. The van der Waals surface area contributed by atoms with E-state index in [1.54, 1.807) is 0 Å². The maximum atomic E-state index is 12.1. The fourth-order valence-corrected chi connectivity index (χ4v) is 2.87. The first-order chi connectivity index (χ1) is 9.33. The number of para-hydroxylation sites is 1. The highest BCUT2D eigenvalue weighted by molar-refractivity contribution is 8.13. The molecule has 19 heavy (non-hydrogen) atoms. The number of hydrogen-bond acceptors (Lipinski definition) is 2. The number of thioether (sulfide) groups is 1. The van der Waals surface area contributed by atoms with Gasteiger partial charge in [0, 0.05) is 28.4 Å². The second-order valence-electron chi connectivity index (χ2n) is 4.32. The molecular weight excluding hydrogens is 254 g/mol. The van der Waals surface area contributed by atoms with Crippen molar-refractivity contribution in [1.82, 2.24) is 4.98 Å². The van der Waals surface area contributed by atoms with Crippen LogP contribution in [0.25, 0.3) is 10.9 Å². The number of fused-ring (bicyclic) bond motifs is 1. The molecule has 0 radical (unpaired) electrons. The summed E-state index contributed by atoms with van der Waals surface area (Å²) in [5.41, 5.74) is 2.14. The maximum absolute atomic E-state index is 12.1. The van der Waals surface area contributed by atoms with Crippen LogP contribution < -0.4 is 0 Å². The molecule has 3 rings (SSSR count). The van der Waals surface area contributed by atoms with E-state index in [0.29, 0.717) is 6.42 Å². The Hall–Kier alpha value is -2.00. The largest absolute Gasteiger partial charge is 0.361 e. The first kappa shape index (κ1) is 12.1. The summed E-state index contributed by atoms with van der Waals surface area (Å²) < 4.78 is 0. The van der Waals surface area contributed by atoms with E-state index < -0.39 is 0 Å². The van der Waals surface area contributed by atoms with Crippen LogP contribution in [-0.2, 0) is 11.2 Å². The van der Waals surface area contributed by atoms with E-state index in [1.165, 1.54) is 11.8 Å². The summed E-state index contributed by atoms with van der Waals surface area (Å²) in [6.07, 6.45) is 2.37. The van der Waals surface area contributed by atoms with Crippen LogP contribution >= 0.6 is 11.8 Å². The number of H-pyrrole nitrogens is 1. The van der Waals surface area contributed by atoms with Crippen LogP contribution in [0.3, 0.4) is 0 Å². The molecule has 2 aromatic carbocycles. The molecule has 1 aromatic heterocycles. The van der Waals surface area contributed by atoms with E-state index in [1.807, 2.05) is 60.8 Å². The molecule has 0 amide bonds. The van der Waals surface area contributed by atoms with Gasteiger partial charge in [0.05, 0.1) is 0 Å². The molecule has 0 bridgehead atoms. The van der Waals surface area contributed by atoms with Crippen LogP contribution in [0.15, 0.2) is 65.7 Å². The summed E-state index contributed by atoms with van der Waals surface area (Å²) >= 11 is 1.30. The predicted molar refractivity (Wildman–Crippen MR) is 79.3 cm³/mol. The van der Waals surface area contributed by atoms with E-state index in [2.05, 4.69) is 4.98 Å². The molecule has 0 unspecified atom stereocenters. The predicted octanol–water partition coefficient (Wildman–Crippen LogP) is 4.03. The fourth-order valence-electron chi connectivity index (χ4n) is 2.09. The zero-order valence-electron chi connectivity index (χ0n) is 10.3. The van der Waals surface area contributed by atoms with Crippen molar-refractivity contribution >= 4 is 27.8 Å². The molecule has 0 fully saturated rings. The number of benzene rings is 2. The van der Waals surface area contributed by atoms with Crippen molar-refractivity contribution in [3.63, 3.8) is 0 Å². The topological polar surface area (TPSA) is 32.9 Å². The van der Waals surface area contributed by atoms with Gasteiger partial charge in [0.2, 0.25) is 0 Å². The standard InChI is InChI=1S/C16H13NOS/c18-16(19-13-6-2-1-3-7-13)10-12-11-17-15-9-5-4-8-14(12)15/h1-9,11,17H,10H2. The molecule has 3 aromatic rings. The normalized spacial score (nSPS) is 10.7. The third kappa shape index (κ3) is 2.71. The number of hydrogen-bond donors (Lipinski definition) is 1. The third-order valence-corrected chi connectivity index (χ3v) is 3.86. The highest BCUT2D eigenvalue weighted by Crippen LogP contribution is 2.23. The summed E-state index contributed by atoms with van der Waals surface area (Å²) in [6.45, 7) is 0. The number of nitrogens with one attached hydrogen (secondary N) is 1. The first-order valence-electron chi connectivity index (χ1n) is 6.13. The van der Waals surface area contributed by atoms with Gasteiger partial charge < -0.3 is 4.98 Å². The van der Waals surface area contributed by atoms with Crippen LogP contribution in [0.5, 0.6) is 0 Å². The second kappa shape index (κ2) is 5.33. The molecular formula is C16H13NOS. The monoisotopic (exact) mass is 267 g/mol. The summed E-state index contributed by atoms with van der Waals surface area (Å²) in [5, 5.41) is 1.29. The van der Waals surface area contributed by atoms with Crippen molar-refractivity contribution in [3.05, 3.63) is 66.4 Å². The lowest BCUT2D eigenvalue weighted by Crippen LogP contribution is -1.96. The van der Waals surface area contributed by atoms with Crippen molar-refractivity contribution < 1.29 is 4.79 Å². The molecule has 0 saturated carbocycles. The minimum atomic E-state index is 0.163. The van der Waals surface area contributed by atoms with Gasteiger partial charge in [-0.1, -0.05) is 48.2 Å². The zero-order chi connectivity index (χ0) is 13.1. The van der Waals surface area contributed by atoms with Crippen molar-refractivity contribution in [3.8, 4) is 0 Å². The lowest BCUT2D eigenvalue weighted by Gasteiger charge is -2.00. The number of carbonyl (C=O) groups excluding carboxylic acids is 1. The zero-order valence-corrected chi connectivity index (χ0v) is 11.1. The average Bonchev–Trinajstić information content (AvgIpc) is 2.83. The summed E-state index contributed by atoms with van der Waals surface area (Å²) in [6, 6.07) is 17.8. The van der Waals surface area contributed by atoms with Gasteiger partial charge in [0.1, 0.15) is 0 Å². The van der Waals surface area contributed by atoms with Gasteiger partial charge >= 0.3 is 0 Å². The molecule has 1 heterocycles. The van der Waals surface area contributed by atoms with Crippen LogP contribution in [0, 0.1) is 0 Å². The Bertz CT molecular complexity index is 703. The van der Waals surface area contributed by atoms with Crippen LogP contribution in [0.1, 0.15) is 5.56 Å². The molecule has 1 N–H and O–H groups in total. The Morgan fingerprint density at radius 1 is 1.00 bits per heavy atom. The molecule has 0 aliphatic carbocycles. The molecule has 2 nitrogen and oxygen atoms in total. The minimum Gasteiger partial charge on any atom is -0.361 e. The van der Waals surface area contributed by atoms with Crippen molar-refractivity contribution in [2.45, 2.75) is 11.3 Å². The van der Waals surface area contributed by atoms with E-state index >= 15 is 0 Å². The second-order valence-corrected chi connectivity index (χ2v) is 5.45.